The Balaban J connectivity index is 0.00000168. The monoisotopic (exact) mass is 365 g/mol. The van der Waals surface area contributed by atoms with E-state index in [1.54, 1.807) is 12.5 Å². The van der Waals surface area contributed by atoms with E-state index in [0.29, 0.717) is 0 Å². The van der Waals surface area contributed by atoms with E-state index in [4.69, 9.17) is 14.5 Å². The van der Waals surface area contributed by atoms with Crippen LogP contribution in [0.25, 0.3) is 27.8 Å². The van der Waals surface area contributed by atoms with Crippen LogP contribution in [0.4, 0.5) is 0 Å². The van der Waals surface area contributed by atoms with E-state index < -0.39 is 0 Å². The molecule has 0 atom stereocenters. The molecule has 4 aromatic rings. The summed E-state index contributed by atoms with van der Waals surface area (Å²) in [7, 11) is 0. The second-order valence-corrected chi connectivity index (χ2v) is 6.06. The van der Waals surface area contributed by atoms with Gasteiger partial charge < -0.3 is 14.0 Å². The number of ether oxygens (including phenoxy) is 2. The van der Waals surface area contributed by atoms with Gasteiger partial charge in [0.2, 0.25) is 6.79 Å². The highest BCUT2D eigenvalue weighted by Gasteiger charge is 2.16. The van der Waals surface area contributed by atoms with Crippen molar-refractivity contribution in [1.29, 1.82) is 0 Å². The number of halogens is 1. The molecule has 2 aromatic heterocycles. The molecule has 0 bridgehead atoms. The quantitative estimate of drug-likeness (QED) is 0.523. The van der Waals surface area contributed by atoms with Crippen LogP contribution in [-0.4, -0.2) is 21.3 Å². The molecule has 0 amide bonds. The molecule has 0 unspecified atom stereocenters. The van der Waals surface area contributed by atoms with Crippen molar-refractivity contribution in [3.8, 4) is 28.4 Å². The standard InChI is InChI=1S/C20H15N3O2.ClH/c1-13-8-17(14-2-4-15(5-3-14)23-7-6-21-11-23)22-18-10-20-19(9-16(13)18)24-12-25-20;/h2-11H,12H2,1H3;1H. The smallest absolute Gasteiger partial charge is 0.231 e. The van der Waals surface area contributed by atoms with Gasteiger partial charge in [0, 0.05) is 35.1 Å². The topological polar surface area (TPSA) is 49.2 Å². The molecular formula is C20H16ClN3O2. The largest absolute Gasteiger partial charge is 0.454 e. The third kappa shape index (κ3) is 2.66. The second-order valence-electron chi connectivity index (χ2n) is 6.06. The minimum absolute atomic E-state index is 0. The van der Waals surface area contributed by atoms with Gasteiger partial charge in [-0.1, -0.05) is 12.1 Å². The summed E-state index contributed by atoms with van der Waals surface area (Å²) >= 11 is 0. The molecule has 0 saturated carbocycles. The van der Waals surface area contributed by atoms with E-state index in [-0.39, 0.29) is 19.2 Å². The molecule has 130 valence electrons. The number of pyridine rings is 1. The zero-order chi connectivity index (χ0) is 16.8. The molecule has 3 heterocycles. The summed E-state index contributed by atoms with van der Waals surface area (Å²) in [4.78, 5) is 8.90. The SMILES string of the molecule is Cc1cc(-c2ccc(-n3ccnc3)cc2)nc2cc3c(cc12)OCO3.Cl. The molecule has 0 saturated heterocycles. The Bertz CT molecular complexity index is 1080. The first-order valence-electron chi connectivity index (χ1n) is 8.08. The van der Waals surface area contributed by atoms with Crippen molar-refractivity contribution in [2.24, 2.45) is 0 Å². The number of hydrogen-bond donors (Lipinski definition) is 0. The van der Waals surface area contributed by atoms with Gasteiger partial charge in [0.25, 0.3) is 0 Å². The summed E-state index contributed by atoms with van der Waals surface area (Å²) in [5.74, 6) is 1.54. The fourth-order valence-corrected chi connectivity index (χ4v) is 3.15. The Labute approximate surface area is 156 Å². The number of aromatic nitrogens is 3. The lowest BCUT2D eigenvalue weighted by Gasteiger charge is -2.09. The van der Waals surface area contributed by atoms with Gasteiger partial charge in [-0.3, -0.25) is 0 Å². The number of aryl methyl sites for hydroxylation is 1. The molecule has 26 heavy (non-hydrogen) atoms. The predicted octanol–water partition coefficient (Wildman–Crippen LogP) is 4.55. The molecule has 2 aromatic carbocycles. The van der Waals surface area contributed by atoms with E-state index in [2.05, 4.69) is 42.2 Å². The molecule has 5 rings (SSSR count). The fraction of sp³-hybridized carbons (Fsp3) is 0.100. The second kappa shape index (κ2) is 6.35. The summed E-state index contributed by atoms with van der Waals surface area (Å²) in [6.07, 6.45) is 5.48. The van der Waals surface area contributed by atoms with Crippen LogP contribution < -0.4 is 9.47 Å². The summed E-state index contributed by atoms with van der Waals surface area (Å²) in [5, 5.41) is 1.09. The number of imidazole rings is 1. The summed E-state index contributed by atoms with van der Waals surface area (Å²) in [5.41, 5.74) is 5.17. The van der Waals surface area contributed by atoms with E-state index in [1.165, 1.54) is 0 Å². The lowest BCUT2D eigenvalue weighted by atomic mass is 10.0. The summed E-state index contributed by atoms with van der Waals surface area (Å²) in [6.45, 7) is 2.36. The van der Waals surface area contributed by atoms with Crippen LogP contribution in [0.1, 0.15) is 5.56 Å². The number of rotatable bonds is 2. The maximum Gasteiger partial charge on any atom is 0.231 e. The zero-order valence-electron chi connectivity index (χ0n) is 14.0. The van der Waals surface area contributed by atoms with Crippen molar-refractivity contribution < 1.29 is 9.47 Å². The van der Waals surface area contributed by atoms with Gasteiger partial charge in [0.15, 0.2) is 11.5 Å². The maximum absolute atomic E-state index is 5.48. The van der Waals surface area contributed by atoms with Crippen LogP contribution in [0.2, 0.25) is 0 Å². The molecule has 0 spiro atoms. The van der Waals surface area contributed by atoms with Crippen LogP contribution in [0.3, 0.4) is 0 Å². The first-order chi connectivity index (χ1) is 12.3. The van der Waals surface area contributed by atoms with Gasteiger partial charge in [-0.15, -0.1) is 12.4 Å². The lowest BCUT2D eigenvalue weighted by molar-refractivity contribution is 0.174. The van der Waals surface area contributed by atoms with Crippen LogP contribution >= 0.6 is 12.4 Å². The minimum atomic E-state index is 0. The number of benzene rings is 2. The van der Waals surface area contributed by atoms with E-state index in [9.17, 15) is 0 Å². The normalized spacial score (nSPS) is 12.2. The first-order valence-corrected chi connectivity index (χ1v) is 8.08. The Morgan fingerprint density at radius 2 is 1.77 bits per heavy atom. The Morgan fingerprint density at radius 3 is 2.50 bits per heavy atom. The van der Waals surface area contributed by atoms with Crippen molar-refractivity contribution in [1.82, 2.24) is 14.5 Å². The highest BCUT2D eigenvalue weighted by molar-refractivity contribution is 5.88. The van der Waals surface area contributed by atoms with Gasteiger partial charge in [-0.25, -0.2) is 9.97 Å². The van der Waals surface area contributed by atoms with Crippen molar-refractivity contribution >= 4 is 23.3 Å². The van der Waals surface area contributed by atoms with E-state index in [1.807, 2.05) is 22.9 Å². The highest BCUT2D eigenvalue weighted by Crippen LogP contribution is 2.37. The molecule has 0 aliphatic carbocycles. The van der Waals surface area contributed by atoms with Crippen molar-refractivity contribution in [2.45, 2.75) is 6.92 Å². The third-order valence-corrected chi connectivity index (χ3v) is 4.48. The molecule has 0 N–H and O–H groups in total. The average molecular weight is 366 g/mol. The molecule has 5 nitrogen and oxygen atoms in total. The lowest BCUT2D eigenvalue weighted by Crippen LogP contribution is -1.92. The van der Waals surface area contributed by atoms with Gasteiger partial charge in [0.05, 0.1) is 17.5 Å². The molecule has 6 heteroatoms. The summed E-state index contributed by atoms with van der Waals surface area (Å²) in [6, 6.07) is 14.4. The van der Waals surface area contributed by atoms with Crippen LogP contribution in [0.5, 0.6) is 11.5 Å². The third-order valence-electron chi connectivity index (χ3n) is 4.48. The van der Waals surface area contributed by atoms with E-state index >= 15 is 0 Å². The minimum Gasteiger partial charge on any atom is -0.454 e. The highest BCUT2D eigenvalue weighted by atomic mass is 35.5. The van der Waals surface area contributed by atoms with Gasteiger partial charge in [-0.2, -0.15) is 0 Å². The van der Waals surface area contributed by atoms with Gasteiger partial charge >= 0.3 is 0 Å². The molecule has 0 fully saturated rings. The average Bonchev–Trinajstić information content (AvgIpc) is 3.32. The van der Waals surface area contributed by atoms with Crippen molar-refractivity contribution in [3.63, 3.8) is 0 Å². The first kappa shape index (κ1) is 16.4. The van der Waals surface area contributed by atoms with Gasteiger partial charge in [0.1, 0.15) is 0 Å². The Morgan fingerprint density at radius 1 is 1.00 bits per heavy atom. The Kier molecular flexibility index (Phi) is 4.01. The number of nitrogens with zero attached hydrogens (tertiary/aromatic N) is 3. The van der Waals surface area contributed by atoms with E-state index in [0.717, 1.165) is 44.9 Å². The molecular weight excluding hydrogens is 350 g/mol. The molecule has 0 radical (unpaired) electrons. The number of hydrogen-bond acceptors (Lipinski definition) is 4. The van der Waals surface area contributed by atoms with Crippen LogP contribution in [0, 0.1) is 6.92 Å². The van der Waals surface area contributed by atoms with Crippen LogP contribution in [-0.2, 0) is 0 Å². The number of fused-ring (bicyclic) bond motifs is 2. The molecule has 1 aliphatic rings. The van der Waals surface area contributed by atoms with Crippen molar-refractivity contribution in [3.05, 3.63) is 66.7 Å². The summed E-state index contributed by atoms with van der Waals surface area (Å²) < 4.78 is 12.9. The zero-order valence-corrected chi connectivity index (χ0v) is 14.9. The van der Waals surface area contributed by atoms with Gasteiger partial charge in [-0.05, 0) is 36.8 Å². The van der Waals surface area contributed by atoms with Crippen LogP contribution in [0.15, 0.2) is 61.2 Å². The fourth-order valence-electron chi connectivity index (χ4n) is 3.15. The maximum atomic E-state index is 5.48. The molecule has 1 aliphatic heterocycles. The Hall–Kier alpha value is -3.05. The predicted molar refractivity (Wildman–Crippen MR) is 102 cm³/mol. The van der Waals surface area contributed by atoms with Crippen molar-refractivity contribution in [2.75, 3.05) is 6.79 Å².